The van der Waals surface area contributed by atoms with Gasteiger partial charge in [-0.1, -0.05) is 89.7 Å². The van der Waals surface area contributed by atoms with Gasteiger partial charge in [-0.25, -0.2) is 19.9 Å². The maximum atomic E-state index is 6.86. The van der Waals surface area contributed by atoms with Crippen LogP contribution in [0.1, 0.15) is 63.8 Å². The van der Waals surface area contributed by atoms with E-state index in [1.54, 1.807) is 49.1 Å². The van der Waals surface area contributed by atoms with E-state index in [4.69, 9.17) is 27.1 Å². The maximum absolute atomic E-state index is 6.86. The van der Waals surface area contributed by atoms with Crippen LogP contribution in [0.2, 0.25) is 0 Å². The van der Waals surface area contributed by atoms with Crippen LogP contribution in [0.15, 0.2) is 132 Å². The van der Waals surface area contributed by atoms with Gasteiger partial charge in [0.15, 0.2) is 0 Å². The molecule has 0 spiro atoms. The lowest BCUT2D eigenvalue weighted by molar-refractivity contribution is 0.367. The van der Waals surface area contributed by atoms with E-state index in [-0.39, 0.29) is 10.8 Å². The second kappa shape index (κ2) is 17.7. The average Bonchev–Trinajstić information content (AvgIpc) is 3.14. The number of pyridine rings is 4. The minimum Gasteiger partial charge on any atom is -0.407 e. The zero-order chi connectivity index (χ0) is 39.0. The zero-order valence-electron chi connectivity index (χ0n) is 32.1. The molecular formula is C42H44N4O6P2S. The summed E-state index contributed by atoms with van der Waals surface area (Å²) in [6.45, 7) is 17.1. The van der Waals surface area contributed by atoms with Crippen molar-refractivity contribution in [2.24, 2.45) is 0 Å². The van der Waals surface area contributed by atoms with Gasteiger partial charge in [0.2, 0.25) is 23.5 Å². The van der Waals surface area contributed by atoms with Gasteiger partial charge in [-0.2, -0.15) is 0 Å². The molecule has 0 saturated heterocycles. The largest absolute Gasteiger partial charge is 0.532 e. The van der Waals surface area contributed by atoms with Gasteiger partial charge in [0, 0.05) is 60.2 Å². The Morgan fingerprint density at radius 1 is 0.436 bits per heavy atom. The van der Waals surface area contributed by atoms with Crippen molar-refractivity contribution in [3.8, 4) is 35.0 Å². The first kappa shape index (κ1) is 39.7. The van der Waals surface area contributed by atoms with Crippen LogP contribution >= 0.6 is 29.0 Å². The molecule has 0 radical (unpaired) electrons. The second-order valence-electron chi connectivity index (χ2n) is 14.5. The third kappa shape index (κ3) is 11.1. The summed E-state index contributed by atoms with van der Waals surface area (Å²) in [6.07, 6.45) is 6.64. The van der Waals surface area contributed by atoms with E-state index in [2.05, 4.69) is 99.6 Å². The average molecular weight is 795 g/mol. The smallest absolute Gasteiger partial charge is 0.407 e. The van der Waals surface area contributed by atoms with Gasteiger partial charge in [-0.05, 0) is 72.2 Å². The first-order chi connectivity index (χ1) is 26.3. The number of nitrogens with zero attached hydrogens (tertiary/aromatic N) is 4. The molecule has 6 aromatic rings. The molecule has 10 nitrogen and oxygen atoms in total. The van der Waals surface area contributed by atoms with Crippen LogP contribution in [0.25, 0.3) is 0 Å². The summed E-state index contributed by atoms with van der Waals surface area (Å²) in [6, 6.07) is 30.2. The Labute approximate surface area is 330 Å². The Balaban J connectivity index is 1.46. The molecule has 0 unspecified atom stereocenters. The lowest BCUT2D eigenvalue weighted by Crippen LogP contribution is -2.16. The molecule has 4 aromatic heterocycles. The summed E-state index contributed by atoms with van der Waals surface area (Å²) in [5.74, 6) is 2.68. The van der Waals surface area contributed by atoms with Gasteiger partial charge >= 0.3 is 17.2 Å². The Kier molecular flexibility index (Phi) is 12.8. The molecule has 0 bridgehead atoms. The Morgan fingerprint density at radius 3 is 1.00 bits per heavy atom. The number of hydrogen-bond acceptors (Lipinski definition) is 11. The topological polar surface area (TPSA) is 107 Å². The van der Waals surface area contributed by atoms with Crippen LogP contribution in [0.4, 0.5) is 0 Å². The highest BCUT2D eigenvalue weighted by Crippen LogP contribution is 2.54. The van der Waals surface area contributed by atoms with Crippen molar-refractivity contribution < 1.29 is 27.1 Å². The van der Waals surface area contributed by atoms with Crippen LogP contribution in [0.3, 0.4) is 0 Å². The minimum absolute atomic E-state index is 0.322. The molecular weight excluding hydrogens is 750 g/mol. The van der Waals surface area contributed by atoms with Crippen LogP contribution in [-0.2, 0) is 10.8 Å². The van der Waals surface area contributed by atoms with Crippen molar-refractivity contribution in [3.63, 3.8) is 0 Å². The van der Waals surface area contributed by atoms with E-state index in [1.807, 2.05) is 48.5 Å². The lowest BCUT2D eigenvalue weighted by atomic mass is 9.85. The third-order valence-corrected chi connectivity index (χ3v) is 10.8. The standard InChI is InChI=1S/C42H44N4O6P2S/c1-29-25-31(41(3,4)5)39(51-53(47-35-17-9-13-21-43-35)48-36-18-10-14-22-44-36)33(27-29)55-34-28-30(2)26-32(42(6,7)8)40(34)52-54(49-37-19-11-15-23-45-37)50-38-20-12-16-24-46-38/h9-28H,1-8H3. The Morgan fingerprint density at radius 2 is 0.745 bits per heavy atom. The summed E-state index contributed by atoms with van der Waals surface area (Å²) in [4.78, 5) is 19.2. The molecule has 284 valence electrons. The van der Waals surface area contributed by atoms with Crippen molar-refractivity contribution in [1.29, 1.82) is 0 Å². The molecule has 0 amide bonds. The SMILES string of the molecule is Cc1cc(Sc2cc(C)cc(C(C)(C)C)c2OP(Oc2ccccn2)Oc2ccccn2)c(OP(Oc2ccccn2)Oc2ccccn2)c(C(C)(C)C)c1. The minimum atomic E-state index is -2.08. The summed E-state index contributed by atoms with van der Waals surface area (Å²) in [7, 11) is -4.17. The van der Waals surface area contributed by atoms with Gasteiger partial charge < -0.3 is 27.1 Å². The van der Waals surface area contributed by atoms with E-state index in [0.717, 1.165) is 32.0 Å². The number of rotatable bonds is 14. The molecule has 0 fully saturated rings. The lowest BCUT2D eigenvalue weighted by Gasteiger charge is -2.28. The molecule has 0 saturated carbocycles. The van der Waals surface area contributed by atoms with Crippen molar-refractivity contribution in [2.45, 2.75) is 76.0 Å². The fourth-order valence-corrected chi connectivity index (χ4v) is 8.52. The number of benzene rings is 2. The summed E-state index contributed by atoms with van der Waals surface area (Å²) in [5, 5.41) is 0. The number of hydrogen-bond donors (Lipinski definition) is 0. The normalized spacial score (nSPS) is 11.7. The number of aromatic nitrogens is 4. The molecule has 0 aliphatic carbocycles. The molecule has 4 heterocycles. The summed E-state index contributed by atoms with van der Waals surface area (Å²) >= 11 is 1.52. The fraction of sp³-hybridized carbons (Fsp3) is 0.238. The first-order valence-corrected chi connectivity index (χ1v) is 20.6. The van der Waals surface area contributed by atoms with E-state index >= 15 is 0 Å². The van der Waals surface area contributed by atoms with Crippen molar-refractivity contribution in [1.82, 2.24) is 19.9 Å². The predicted molar refractivity (Wildman–Crippen MR) is 218 cm³/mol. The molecule has 0 aliphatic rings. The Bertz CT molecular complexity index is 1920. The molecule has 2 aromatic carbocycles. The Hall–Kier alpha value is -4.95. The molecule has 55 heavy (non-hydrogen) atoms. The summed E-state index contributed by atoms with van der Waals surface area (Å²) < 4.78 is 38.9. The van der Waals surface area contributed by atoms with Gasteiger partial charge in [0.1, 0.15) is 11.5 Å². The van der Waals surface area contributed by atoms with Gasteiger partial charge in [-0.3, -0.25) is 0 Å². The zero-order valence-corrected chi connectivity index (χ0v) is 34.7. The molecule has 0 atom stereocenters. The van der Waals surface area contributed by atoms with Crippen molar-refractivity contribution >= 4 is 29.0 Å². The van der Waals surface area contributed by atoms with Gasteiger partial charge in [0.25, 0.3) is 0 Å². The van der Waals surface area contributed by atoms with Crippen LogP contribution in [0.5, 0.6) is 35.0 Å². The third-order valence-electron chi connectivity index (χ3n) is 7.79. The molecule has 13 heteroatoms. The highest BCUT2D eigenvalue weighted by Gasteiger charge is 2.32. The van der Waals surface area contributed by atoms with Crippen molar-refractivity contribution in [2.75, 3.05) is 0 Å². The predicted octanol–water partition coefficient (Wildman–Crippen LogP) is 12.2. The van der Waals surface area contributed by atoms with Crippen LogP contribution < -0.4 is 27.1 Å². The molecule has 6 rings (SSSR count). The maximum Gasteiger partial charge on any atom is 0.532 e. The van der Waals surface area contributed by atoms with Crippen molar-refractivity contribution in [3.05, 3.63) is 144 Å². The molecule has 0 aliphatic heterocycles. The van der Waals surface area contributed by atoms with E-state index in [0.29, 0.717) is 35.0 Å². The molecule has 0 N–H and O–H groups in total. The quantitative estimate of drug-likeness (QED) is 0.0983. The second-order valence-corrected chi connectivity index (χ2v) is 17.6. The van der Waals surface area contributed by atoms with Crippen LogP contribution in [0, 0.1) is 13.8 Å². The van der Waals surface area contributed by atoms with Crippen LogP contribution in [-0.4, -0.2) is 19.9 Å². The monoisotopic (exact) mass is 794 g/mol. The van der Waals surface area contributed by atoms with Gasteiger partial charge in [-0.15, -0.1) is 0 Å². The highest BCUT2D eigenvalue weighted by molar-refractivity contribution is 7.99. The number of aryl methyl sites for hydroxylation is 2. The first-order valence-electron chi connectivity index (χ1n) is 17.6. The van der Waals surface area contributed by atoms with E-state index in [9.17, 15) is 0 Å². The van der Waals surface area contributed by atoms with Gasteiger partial charge in [0.05, 0.1) is 9.79 Å². The fourth-order valence-electron chi connectivity index (χ4n) is 5.22. The van der Waals surface area contributed by atoms with E-state index < -0.39 is 17.2 Å². The highest BCUT2D eigenvalue weighted by atomic mass is 32.2. The van der Waals surface area contributed by atoms with E-state index in [1.165, 1.54) is 11.8 Å². The summed E-state index contributed by atoms with van der Waals surface area (Å²) in [5.41, 5.74) is 3.43.